The lowest BCUT2D eigenvalue weighted by molar-refractivity contribution is 1.28. The zero-order chi connectivity index (χ0) is 12.3. The SMILES string of the molecule is N#Cc1cccnc1Nc1cc(Br)ccc1Cl. The summed E-state index contributed by atoms with van der Waals surface area (Å²) in [5.74, 6) is 0.495. The van der Waals surface area contributed by atoms with E-state index in [0.29, 0.717) is 22.1 Å². The molecule has 0 aliphatic rings. The second-order valence-corrected chi connectivity index (χ2v) is 4.58. The van der Waals surface area contributed by atoms with E-state index in [0.717, 1.165) is 4.47 Å². The van der Waals surface area contributed by atoms with Crippen LogP contribution in [0.2, 0.25) is 5.02 Å². The fraction of sp³-hybridized carbons (Fsp3) is 0. The Hall–Kier alpha value is -1.57. The first-order chi connectivity index (χ1) is 8.20. The van der Waals surface area contributed by atoms with Gasteiger partial charge in [0, 0.05) is 10.7 Å². The zero-order valence-corrected chi connectivity index (χ0v) is 11.0. The van der Waals surface area contributed by atoms with Crippen LogP contribution in [-0.4, -0.2) is 4.98 Å². The molecule has 0 saturated carbocycles. The van der Waals surface area contributed by atoms with Crippen LogP contribution >= 0.6 is 27.5 Å². The predicted octanol–water partition coefficient (Wildman–Crippen LogP) is 4.11. The molecule has 2 rings (SSSR count). The number of aromatic nitrogens is 1. The Bertz CT molecular complexity index is 593. The van der Waals surface area contributed by atoms with Crippen LogP contribution in [-0.2, 0) is 0 Å². The molecular formula is C12H7BrClN3. The van der Waals surface area contributed by atoms with Crippen molar-refractivity contribution in [3.8, 4) is 6.07 Å². The molecule has 0 spiro atoms. The predicted molar refractivity (Wildman–Crippen MR) is 71.4 cm³/mol. The summed E-state index contributed by atoms with van der Waals surface area (Å²) in [4.78, 5) is 4.11. The smallest absolute Gasteiger partial charge is 0.148 e. The standard InChI is InChI=1S/C12H7BrClN3/c13-9-3-4-10(14)11(6-9)17-12-8(7-15)2-1-5-16-12/h1-6H,(H,16,17). The Labute approximate surface area is 112 Å². The van der Waals surface area contributed by atoms with E-state index in [1.165, 1.54) is 0 Å². The van der Waals surface area contributed by atoms with Crippen LogP contribution < -0.4 is 5.32 Å². The van der Waals surface area contributed by atoms with Crippen molar-refractivity contribution >= 4 is 39.0 Å². The summed E-state index contributed by atoms with van der Waals surface area (Å²) in [6.07, 6.45) is 1.62. The summed E-state index contributed by atoms with van der Waals surface area (Å²) < 4.78 is 0.902. The number of nitrogens with one attached hydrogen (secondary N) is 1. The van der Waals surface area contributed by atoms with Crippen LogP contribution in [0.5, 0.6) is 0 Å². The van der Waals surface area contributed by atoms with Gasteiger partial charge in [0.25, 0.3) is 0 Å². The van der Waals surface area contributed by atoms with E-state index in [4.69, 9.17) is 16.9 Å². The Morgan fingerprint density at radius 1 is 1.35 bits per heavy atom. The van der Waals surface area contributed by atoms with Crippen molar-refractivity contribution in [2.24, 2.45) is 0 Å². The molecule has 0 unspecified atom stereocenters. The van der Waals surface area contributed by atoms with Crippen molar-refractivity contribution in [1.82, 2.24) is 4.98 Å². The van der Waals surface area contributed by atoms with E-state index >= 15 is 0 Å². The Morgan fingerprint density at radius 2 is 2.18 bits per heavy atom. The lowest BCUT2D eigenvalue weighted by Crippen LogP contribution is -1.96. The van der Waals surface area contributed by atoms with Crippen LogP contribution in [0.15, 0.2) is 41.0 Å². The first-order valence-electron chi connectivity index (χ1n) is 4.78. The first kappa shape index (κ1) is 11.9. The fourth-order valence-electron chi connectivity index (χ4n) is 1.32. The quantitative estimate of drug-likeness (QED) is 0.908. The molecule has 0 radical (unpaired) electrons. The van der Waals surface area contributed by atoms with Crippen molar-refractivity contribution in [1.29, 1.82) is 5.26 Å². The number of anilines is 2. The maximum Gasteiger partial charge on any atom is 0.148 e. The van der Waals surface area contributed by atoms with Gasteiger partial charge in [-0.2, -0.15) is 5.26 Å². The molecule has 0 amide bonds. The highest BCUT2D eigenvalue weighted by Crippen LogP contribution is 2.28. The maximum absolute atomic E-state index is 8.95. The number of nitriles is 1. The van der Waals surface area contributed by atoms with Gasteiger partial charge in [-0.25, -0.2) is 4.98 Å². The van der Waals surface area contributed by atoms with Gasteiger partial charge < -0.3 is 5.32 Å². The van der Waals surface area contributed by atoms with Gasteiger partial charge in [0.2, 0.25) is 0 Å². The normalized spacial score (nSPS) is 9.71. The second-order valence-electron chi connectivity index (χ2n) is 3.26. The number of rotatable bonds is 2. The van der Waals surface area contributed by atoms with Gasteiger partial charge in [0.05, 0.1) is 16.3 Å². The molecule has 1 heterocycles. The van der Waals surface area contributed by atoms with E-state index in [-0.39, 0.29) is 0 Å². The summed E-state index contributed by atoms with van der Waals surface area (Å²) in [6, 6.07) is 10.9. The van der Waals surface area contributed by atoms with Gasteiger partial charge in [-0.3, -0.25) is 0 Å². The van der Waals surface area contributed by atoms with Crippen LogP contribution in [0.25, 0.3) is 0 Å². The van der Waals surface area contributed by atoms with Gasteiger partial charge in [0.15, 0.2) is 0 Å². The number of nitrogens with zero attached hydrogens (tertiary/aromatic N) is 2. The second kappa shape index (κ2) is 5.17. The van der Waals surface area contributed by atoms with E-state index in [1.54, 1.807) is 24.4 Å². The molecule has 1 aromatic carbocycles. The highest BCUT2D eigenvalue weighted by atomic mass is 79.9. The summed E-state index contributed by atoms with van der Waals surface area (Å²) >= 11 is 9.41. The average Bonchev–Trinajstić information content (AvgIpc) is 2.34. The fourth-order valence-corrected chi connectivity index (χ4v) is 1.84. The molecular weight excluding hydrogens is 302 g/mol. The third kappa shape index (κ3) is 2.76. The van der Waals surface area contributed by atoms with Crippen LogP contribution in [0.4, 0.5) is 11.5 Å². The van der Waals surface area contributed by atoms with Crippen LogP contribution in [0.1, 0.15) is 5.56 Å². The Morgan fingerprint density at radius 3 is 2.94 bits per heavy atom. The number of hydrogen-bond donors (Lipinski definition) is 1. The minimum Gasteiger partial charge on any atom is -0.338 e. The van der Waals surface area contributed by atoms with Gasteiger partial charge in [-0.05, 0) is 30.3 Å². The monoisotopic (exact) mass is 307 g/mol. The molecule has 1 aromatic heterocycles. The van der Waals surface area contributed by atoms with E-state index in [9.17, 15) is 0 Å². The number of hydrogen-bond acceptors (Lipinski definition) is 3. The molecule has 84 valence electrons. The number of pyridine rings is 1. The van der Waals surface area contributed by atoms with Crippen molar-refractivity contribution in [2.75, 3.05) is 5.32 Å². The van der Waals surface area contributed by atoms with Gasteiger partial charge >= 0.3 is 0 Å². The summed E-state index contributed by atoms with van der Waals surface area (Å²) in [7, 11) is 0. The lowest BCUT2D eigenvalue weighted by Gasteiger charge is -2.08. The van der Waals surface area contributed by atoms with Gasteiger partial charge in [0.1, 0.15) is 11.9 Å². The molecule has 3 nitrogen and oxygen atoms in total. The molecule has 0 aliphatic heterocycles. The van der Waals surface area contributed by atoms with Crippen LogP contribution in [0.3, 0.4) is 0 Å². The summed E-state index contributed by atoms with van der Waals surface area (Å²) in [5.41, 5.74) is 1.18. The van der Waals surface area contributed by atoms with Gasteiger partial charge in [-0.15, -0.1) is 0 Å². The average molecular weight is 309 g/mol. The summed E-state index contributed by atoms with van der Waals surface area (Å²) in [6.45, 7) is 0. The number of halogens is 2. The topological polar surface area (TPSA) is 48.7 Å². The van der Waals surface area contributed by atoms with Gasteiger partial charge in [-0.1, -0.05) is 27.5 Å². The van der Waals surface area contributed by atoms with E-state index in [2.05, 4.69) is 32.3 Å². The zero-order valence-electron chi connectivity index (χ0n) is 8.61. The molecule has 0 saturated heterocycles. The minimum atomic E-state index is 0.476. The molecule has 17 heavy (non-hydrogen) atoms. The van der Waals surface area contributed by atoms with Crippen molar-refractivity contribution in [2.45, 2.75) is 0 Å². The maximum atomic E-state index is 8.95. The summed E-state index contributed by atoms with van der Waals surface area (Å²) in [5, 5.41) is 12.6. The molecule has 0 bridgehead atoms. The molecule has 5 heteroatoms. The highest BCUT2D eigenvalue weighted by Gasteiger charge is 2.06. The molecule has 0 aliphatic carbocycles. The van der Waals surface area contributed by atoms with Crippen molar-refractivity contribution in [3.05, 3.63) is 51.6 Å². The highest BCUT2D eigenvalue weighted by molar-refractivity contribution is 9.10. The minimum absolute atomic E-state index is 0.476. The van der Waals surface area contributed by atoms with Crippen molar-refractivity contribution < 1.29 is 0 Å². The van der Waals surface area contributed by atoms with E-state index < -0.39 is 0 Å². The first-order valence-corrected chi connectivity index (χ1v) is 5.95. The molecule has 1 N–H and O–H groups in total. The lowest BCUT2D eigenvalue weighted by atomic mass is 10.2. The molecule has 2 aromatic rings. The molecule has 0 fully saturated rings. The molecule has 0 atom stereocenters. The number of benzene rings is 1. The van der Waals surface area contributed by atoms with E-state index in [1.807, 2.05) is 12.1 Å². The van der Waals surface area contributed by atoms with Crippen LogP contribution in [0, 0.1) is 11.3 Å². The third-order valence-electron chi connectivity index (χ3n) is 2.11. The van der Waals surface area contributed by atoms with Crippen molar-refractivity contribution in [3.63, 3.8) is 0 Å². The largest absolute Gasteiger partial charge is 0.338 e. The Balaban J connectivity index is 2.38. The third-order valence-corrected chi connectivity index (χ3v) is 2.93. The Kier molecular flexibility index (Phi) is 3.62.